The predicted molar refractivity (Wildman–Crippen MR) is 283 cm³/mol. The average Bonchev–Trinajstić information content (AvgIpc) is 3.69. The molecule has 68 heavy (non-hydrogen) atoms. The third-order valence-electron chi connectivity index (χ3n) is 12.7. The smallest absolute Gasteiger partial charge is 0.300 e. The molecule has 2 atom stereocenters. The quantitative estimate of drug-likeness (QED) is 0.0573. The van der Waals surface area contributed by atoms with Crippen LogP contribution in [-0.4, -0.2) is 71.7 Å². The van der Waals surface area contributed by atoms with Gasteiger partial charge in [-0.05, 0) is 174 Å². The molecule has 0 aliphatic carbocycles. The molecule has 0 bridgehead atoms. The van der Waals surface area contributed by atoms with Crippen molar-refractivity contribution in [1.29, 1.82) is 0 Å². The highest BCUT2D eigenvalue weighted by Crippen LogP contribution is 2.41. The van der Waals surface area contributed by atoms with Crippen LogP contribution in [0.3, 0.4) is 0 Å². The summed E-state index contributed by atoms with van der Waals surface area (Å²) in [5.74, 6) is 0.346. The Labute approximate surface area is 416 Å². The molecule has 0 fully saturated rings. The van der Waals surface area contributed by atoms with Crippen molar-refractivity contribution in [3.63, 3.8) is 0 Å². The number of benzene rings is 4. The Morgan fingerprint density at radius 3 is 1.93 bits per heavy atom. The monoisotopic (exact) mass is 1000 g/mol. The third kappa shape index (κ3) is 12.3. The fourth-order valence-corrected chi connectivity index (χ4v) is 12.6. The molecule has 2 unspecified atom stereocenters. The van der Waals surface area contributed by atoms with E-state index in [-0.39, 0.29) is 14.9 Å². The summed E-state index contributed by atoms with van der Waals surface area (Å²) < 4.78 is 58.4. The lowest BCUT2D eigenvalue weighted by molar-refractivity contribution is 0.262. The standard InChI is InChI=1S/C52H68Cl2N8O4S2/c1-12-24-62(33-40-17-15-19-43(29-40)45-31-47(53)52(48(54)32-45)68(65,66)60(11)51-36(6)55-59(10)38(51)8)25-16-18-39-27-41(34-61(13-2)14-3)30-44(28-39)42-20-22-46(23-21-42)67(63,64)57-50-37(7)58(9)56-49(50)26-35(4)5/h15,17,19-23,27-32,35H,12-14,16,18,24-26,33-34H2,1-11H3,(H-2,57,63,64,65,66)/p+2. The van der Waals surface area contributed by atoms with Crippen LogP contribution in [0.1, 0.15) is 86.9 Å². The molecule has 0 aliphatic rings. The van der Waals surface area contributed by atoms with Crippen molar-refractivity contribution in [1.82, 2.24) is 29.4 Å². The first-order valence-corrected chi connectivity index (χ1v) is 27.2. The summed E-state index contributed by atoms with van der Waals surface area (Å²) in [5.41, 5.74) is 11.5. The maximum atomic E-state index is 14.0. The molecule has 366 valence electrons. The van der Waals surface area contributed by atoms with Crippen LogP contribution in [0.4, 0.5) is 11.4 Å². The zero-order valence-corrected chi connectivity index (χ0v) is 44.7. The number of rotatable bonds is 22. The third-order valence-corrected chi connectivity index (χ3v) is 16.8. The average molecular weight is 1010 g/mol. The summed E-state index contributed by atoms with van der Waals surface area (Å²) in [6.45, 7) is 21.7. The first-order chi connectivity index (χ1) is 32.2. The lowest BCUT2D eigenvalue weighted by Gasteiger charge is -2.23. The lowest BCUT2D eigenvalue weighted by Crippen LogP contribution is -2.33. The maximum absolute atomic E-state index is 14.0. The number of aromatic nitrogens is 4. The molecular formula is C52H70Cl2N8O4S2+2. The molecule has 0 spiro atoms. The van der Waals surface area contributed by atoms with Crippen molar-refractivity contribution < 1.29 is 17.5 Å². The van der Waals surface area contributed by atoms with Crippen molar-refractivity contribution in [2.75, 3.05) is 42.3 Å². The van der Waals surface area contributed by atoms with Gasteiger partial charge in [0, 0.05) is 27.2 Å². The van der Waals surface area contributed by atoms with Gasteiger partial charge in [-0.1, -0.05) is 88.2 Å². The van der Waals surface area contributed by atoms with E-state index in [0.717, 1.165) is 103 Å². The van der Waals surface area contributed by atoms with Gasteiger partial charge >= 0.3 is 20.8 Å². The summed E-state index contributed by atoms with van der Waals surface area (Å²) in [7, 11) is -2.25. The molecule has 0 saturated heterocycles. The fraction of sp³-hybridized carbons (Fsp3) is 0.423. The Balaban J connectivity index is 1.17. The van der Waals surface area contributed by atoms with Crippen LogP contribution in [0.5, 0.6) is 0 Å². The fourth-order valence-electron chi connectivity index (χ4n) is 8.90. The van der Waals surface area contributed by atoms with Gasteiger partial charge in [-0.2, -0.15) is 28.3 Å². The van der Waals surface area contributed by atoms with E-state index in [4.69, 9.17) is 23.2 Å². The second kappa shape index (κ2) is 22.6. The summed E-state index contributed by atoms with van der Waals surface area (Å²) in [6, 6.07) is 25.9. The highest BCUT2D eigenvalue weighted by molar-refractivity contribution is 7.99. The van der Waals surface area contributed by atoms with E-state index < -0.39 is 20.8 Å². The zero-order chi connectivity index (χ0) is 49.7. The van der Waals surface area contributed by atoms with E-state index in [1.165, 1.54) is 15.4 Å². The molecule has 0 amide bonds. The minimum Gasteiger partial charge on any atom is -0.300 e. The predicted octanol–water partition coefficient (Wildman–Crippen LogP) is 12.3. The van der Waals surface area contributed by atoms with Crippen LogP contribution in [0.25, 0.3) is 22.3 Å². The number of nitrogens with zero attached hydrogens (tertiary/aromatic N) is 7. The van der Waals surface area contributed by atoms with Gasteiger partial charge in [-0.3, -0.25) is 19.2 Å². The molecule has 3 N–H and O–H groups in total. The molecular weight excluding hydrogens is 936 g/mol. The Morgan fingerprint density at radius 1 is 0.721 bits per heavy atom. The molecule has 2 aromatic heterocycles. The minimum absolute atomic E-state index is 0.0303. The van der Waals surface area contributed by atoms with Gasteiger partial charge in [-0.25, -0.2) is 0 Å². The van der Waals surface area contributed by atoms with Gasteiger partial charge in [0.2, 0.25) is 4.90 Å². The van der Waals surface area contributed by atoms with Crippen molar-refractivity contribution in [2.24, 2.45) is 20.0 Å². The molecule has 0 radical (unpaired) electrons. The SMILES string of the molecule is CCCN(CCCc1cc(CN(CC)CC)cc(-c2ccc([S+](=O)(O)Nc3c(CC(C)C)nn(C)c3C)cc2)c1)Cc1cccc(-c2cc(Cl)c([S+](=O)(O)N(C)c3c(C)nn(C)c3C)c(Cl)c2)c1. The van der Waals surface area contributed by atoms with Crippen molar-refractivity contribution in [3.8, 4) is 22.3 Å². The van der Waals surface area contributed by atoms with Crippen molar-refractivity contribution in [3.05, 3.63) is 128 Å². The minimum atomic E-state index is -3.86. The first kappa shape index (κ1) is 53.0. The van der Waals surface area contributed by atoms with Crippen LogP contribution >= 0.6 is 23.2 Å². The molecule has 0 aliphatic heterocycles. The summed E-state index contributed by atoms with van der Waals surface area (Å²) in [4.78, 5) is 5.18. The topological polar surface area (TPSA) is 132 Å². The molecule has 6 rings (SSSR count). The summed E-state index contributed by atoms with van der Waals surface area (Å²) in [6.07, 6.45) is 3.55. The summed E-state index contributed by atoms with van der Waals surface area (Å²) in [5, 5.41) is 9.26. The first-order valence-electron chi connectivity index (χ1n) is 23.5. The van der Waals surface area contributed by atoms with E-state index in [1.807, 2.05) is 45.2 Å². The van der Waals surface area contributed by atoms with Crippen molar-refractivity contribution in [2.45, 2.75) is 104 Å². The number of aryl methyl sites for hydroxylation is 4. The molecule has 4 aromatic carbocycles. The number of halogens is 2. The zero-order valence-electron chi connectivity index (χ0n) is 41.6. The van der Waals surface area contributed by atoms with Gasteiger partial charge in [-0.15, -0.1) is 0 Å². The molecule has 2 heterocycles. The lowest BCUT2D eigenvalue weighted by atomic mass is 9.97. The Hall–Kier alpha value is -4.38. The van der Waals surface area contributed by atoms with E-state index >= 15 is 0 Å². The number of hydrogen-bond acceptors (Lipinski definition) is 6. The van der Waals surface area contributed by atoms with E-state index in [9.17, 15) is 17.5 Å². The Bertz CT molecular complexity index is 2780. The molecule has 0 saturated carbocycles. The summed E-state index contributed by atoms with van der Waals surface area (Å²) >= 11 is 13.6. The Morgan fingerprint density at radius 2 is 1.32 bits per heavy atom. The molecule has 16 heteroatoms. The van der Waals surface area contributed by atoms with E-state index in [0.29, 0.717) is 34.3 Å². The number of anilines is 2. The maximum Gasteiger partial charge on any atom is 0.351 e. The van der Waals surface area contributed by atoms with Gasteiger partial charge in [0.15, 0.2) is 0 Å². The molecule has 6 aromatic rings. The van der Waals surface area contributed by atoms with Gasteiger partial charge < -0.3 is 0 Å². The second-order valence-electron chi connectivity index (χ2n) is 18.3. The van der Waals surface area contributed by atoms with Gasteiger partial charge in [0.1, 0.15) is 21.4 Å². The highest BCUT2D eigenvalue weighted by atomic mass is 35.5. The van der Waals surface area contributed by atoms with Crippen LogP contribution in [0.2, 0.25) is 10.0 Å². The molecule has 12 nitrogen and oxygen atoms in total. The van der Waals surface area contributed by atoms with E-state index in [1.54, 1.807) is 54.6 Å². The van der Waals surface area contributed by atoms with Crippen LogP contribution in [0.15, 0.2) is 88.7 Å². The van der Waals surface area contributed by atoms with Crippen LogP contribution in [-0.2, 0) is 69.2 Å². The van der Waals surface area contributed by atoms with Crippen LogP contribution < -0.4 is 9.03 Å². The van der Waals surface area contributed by atoms with Gasteiger partial charge in [0.05, 0.1) is 29.8 Å². The number of hydrogen-bond donors (Lipinski definition) is 3. The highest BCUT2D eigenvalue weighted by Gasteiger charge is 2.43. The normalized spacial score (nSPS) is 13.7. The Kier molecular flexibility index (Phi) is 17.6. The van der Waals surface area contributed by atoms with Crippen molar-refractivity contribution >= 4 is 55.4 Å². The number of nitrogens with one attached hydrogen (secondary N) is 1. The van der Waals surface area contributed by atoms with Gasteiger partial charge in [0.25, 0.3) is 4.90 Å². The van der Waals surface area contributed by atoms with Crippen LogP contribution in [0, 0.1) is 26.7 Å². The second-order valence-corrected chi connectivity index (χ2v) is 22.8. The largest absolute Gasteiger partial charge is 0.351 e. The van der Waals surface area contributed by atoms with E-state index in [2.05, 4.69) is 89.7 Å².